The highest BCUT2D eigenvalue weighted by atomic mass is 35.5. The van der Waals surface area contributed by atoms with Crippen molar-refractivity contribution in [3.63, 3.8) is 0 Å². The summed E-state index contributed by atoms with van der Waals surface area (Å²) in [6.07, 6.45) is 3.53. The molecule has 0 aliphatic heterocycles. The summed E-state index contributed by atoms with van der Waals surface area (Å²) in [6, 6.07) is 7.91. The van der Waals surface area contributed by atoms with E-state index in [0.717, 1.165) is 21.2 Å². The normalized spacial score (nSPS) is 11.2. The Hall–Kier alpha value is -2.61. The maximum absolute atomic E-state index is 13.5. The number of thiazole rings is 1. The van der Waals surface area contributed by atoms with Crippen molar-refractivity contribution in [3.05, 3.63) is 85.0 Å². The SMILES string of the molecule is Cc1cn2c(CN(C(=O)c3ccc(=O)n(C)c3)c3cc(Cl)cc(Cl)c3)c(C)nc2s1. The summed E-state index contributed by atoms with van der Waals surface area (Å²) >= 11 is 14.0. The van der Waals surface area contributed by atoms with Gasteiger partial charge in [-0.3, -0.25) is 14.0 Å². The number of imidazole rings is 1. The molecule has 154 valence electrons. The van der Waals surface area contributed by atoms with Gasteiger partial charge in [0.2, 0.25) is 5.56 Å². The lowest BCUT2D eigenvalue weighted by molar-refractivity contribution is 0.0984. The molecule has 30 heavy (non-hydrogen) atoms. The third kappa shape index (κ3) is 3.88. The summed E-state index contributed by atoms with van der Waals surface area (Å²) in [5.41, 5.74) is 2.49. The van der Waals surface area contributed by atoms with Gasteiger partial charge in [0.1, 0.15) is 0 Å². The molecule has 0 spiro atoms. The molecule has 0 atom stereocenters. The van der Waals surface area contributed by atoms with Gasteiger partial charge in [-0.25, -0.2) is 4.98 Å². The highest BCUT2D eigenvalue weighted by molar-refractivity contribution is 7.17. The summed E-state index contributed by atoms with van der Waals surface area (Å²) < 4.78 is 3.38. The van der Waals surface area contributed by atoms with Crippen LogP contribution in [0.25, 0.3) is 4.96 Å². The number of rotatable bonds is 4. The fourth-order valence-electron chi connectivity index (χ4n) is 3.30. The van der Waals surface area contributed by atoms with Crippen LogP contribution in [0.2, 0.25) is 10.0 Å². The fraction of sp³-hybridized carbons (Fsp3) is 0.190. The number of fused-ring (bicyclic) bond motifs is 1. The van der Waals surface area contributed by atoms with E-state index in [1.807, 2.05) is 24.4 Å². The number of nitrogens with zero attached hydrogens (tertiary/aromatic N) is 4. The molecule has 4 rings (SSSR count). The minimum atomic E-state index is -0.273. The lowest BCUT2D eigenvalue weighted by Gasteiger charge is -2.24. The number of carbonyl (C=O) groups excluding carboxylic acids is 1. The Morgan fingerprint density at radius 1 is 1.13 bits per heavy atom. The number of amides is 1. The van der Waals surface area contributed by atoms with Gasteiger partial charge in [-0.05, 0) is 38.1 Å². The standard InChI is InChI=1S/C21H18Cl2N4O2S/c1-12-9-27-18(13(2)24-21(27)30-12)11-26(17-7-15(22)6-16(23)8-17)20(29)14-4-5-19(28)25(3)10-14/h4-10H,11H2,1-3H3. The Labute approximate surface area is 186 Å². The summed E-state index contributed by atoms with van der Waals surface area (Å²) in [6.45, 7) is 4.20. The van der Waals surface area contributed by atoms with Crippen LogP contribution in [0.5, 0.6) is 0 Å². The zero-order chi connectivity index (χ0) is 21.6. The molecule has 0 bridgehead atoms. The average Bonchev–Trinajstić information content (AvgIpc) is 3.15. The van der Waals surface area contributed by atoms with Crippen LogP contribution in [-0.2, 0) is 13.6 Å². The maximum atomic E-state index is 13.5. The summed E-state index contributed by atoms with van der Waals surface area (Å²) in [7, 11) is 1.61. The maximum Gasteiger partial charge on any atom is 0.260 e. The van der Waals surface area contributed by atoms with Gasteiger partial charge in [-0.15, -0.1) is 11.3 Å². The number of aromatic nitrogens is 3. The Balaban J connectivity index is 1.84. The number of pyridine rings is 1. The minimum absolute atomic E-state index is 0.189. The van der Waals surface area contributed by atoms with E-state index in [1.165, 1.54) is 22.9 Å². The van der Waals surface area contributed by atoms with E-state index in [0.29, 0.717) is 21.3 Å². The van der Waals surface area contributed by atoms with Gasteiger partial charge in [0.25, 0.3) is 5.91 Å². The Morgan fingerprint density at radius 3 is 2.50 bits per heavy atom. The summed E-state index contributed by atoms with van der Waals surface area (Å²) in [5, 5.41) is 0.856. The molecule has 6 nitrogen and oxygen atoms in total. The van der Waals surface area contributed by atoms with Crippen molar-refractivity contribution in [1.29, 1.82) is 0 Å². The highest BCUT2D eigenvalue weighted by Gasteiger charge is 2.23. The van der Waals surface area contributed by atoms with E-state index in [-0.39, 0.29) is 18.0 Å². The van der Waals surface area contributed by atoms with Crippen LogP contribution < -0.4 is 10.5 Å². The van der Waals surface area contributed by atoms with Gasteiger partial charge >= 0.3 is 0 Å². The van der Waals surface area contributed by atoms with Crippen LogP contribution in [0.15, 0.2) is 47.5 Å². The number of carbonyl (C=O) groups is 1. The molecule has 0 aliphatic carbocycles. The molecule has 4 aromatic rings. The van der Waals surface area contributed by atoms with Crippen LogP contribution in [0.4, 0.5) is 5.69 Å². The first-order chi connectivity index (χ1) is 14.2. The number of hydrogen-bond acceptors (Lipinski definition) is 4. The van der Waals surface area contributed by atoms with Crippen LogP contribution in [-0.4, -0.2) is 19.9 Å². The van der Waals surface area contributed by atoms with Crippen LogP contribution in [0, 0.1) is 13.8 Å². The van der Waals surface area contributed by atoms with Gasteiger partial charge < -0.3 is 9.47 Å². The highest BCUT2D eigenvalue weighted by Crippen LogP contribution is 2.29. The van der Waals surface area contributed by atoms with Crippen molar-refractivity contribution in [2.24, 2.45) is 7.05 Å². The van der Waals surface area contributed by atoms with Crippen LogP contribution >= 0.6 is 34.5 Å². The van der Waals surface area contributed by atoms with E-state index < -0.39 is 0 Å². The molecule has 0 saturated heterocycles. The molecule has 9 heteroatoms. The van der Waals surface area contributed by atoms with Crippen molar-refractivity contribution in [1.82, 2.24) is 14.0 Å². The second-order valence-electron chi connectivity index (χ2n) is 7.02. The molecule has 0 fully saturated rings. The zero-order valence-corrected chi connectivity index (χ0v) is 18.8. The quantitative estimate of drug-likeness (QED) is 0.436. The first-order valence-electron chi connectivity index (χ1n) is 9.11. The fourth-order valence-corrected chi connectivity index (χ4v) is 4.71. The molecular formula is C21H18Cl2N4O2S. The first kappa shape index (κ1) is 20.7. The van der Waals surface area contributed by atoms with Crippen molar-refractivity contribution >= 4 is 51.1 Å². The van der Waals surface area contributed by atoms with Gasteiger partial charge in [-0.2, -0.15) is 0 Å². The van der Waals surface area contributed by atoms with Crippen molar-refractivity contribution in [3.8, 4) is 0 Å². The largest absolute Gasteiger partial charge is 0.318 e. The lowest BCUT2D eigenvalue weighted by Crippen LogP contribution is -2.32. The monoisotopic (exact) mass is 460 g/mol. The molecule has 0 radical (unpaired) electrons. The molecule has 0 unspecified atom stereocenters. The third-order valence-corrected chi connectivity index (χ3v) is 6.12. The molecule has 3 heterocycles. The molecule has 1 aromatic carbocycles. The number of aryl methyl sites for hydroxylation is 3. The molecule has 0 N–H and O–H groups in total. The van der Waals surface area contributed by atoms with Gasteiger partial charge in [0.05, 0.1) is 23.5 Å². The number of hydrogen-bond donors (Lipinski definition) is 0. The molecule has 1 amide bonds. The smallest absolute Gasteiger partial charge is 0.260 e. The van der Waals surface area contributed by atoms with E-state index in [2.05, 4.69) is 4.98 Å². The molecular weight excluding hydrogens is 443 g/mol. The summed E-state index contributed by atoms with van der Waals surface area (Å²) in [4.78, 5) is 33.5. The molecule has 0 saturated carbocycles. The van der Waals surface area contributed by atoms with Crippen LogP contribution in [0.3, 0.4) is 0 Å². The first-order valence-corrected chi connectivity index (χ1v) is 10.7. The van der Waals surface area contributed by atoms with Crippen molar-refractivity contribution < 1.29 is 4.79 Å². The van der Waals surface area contributed by atoms with E-state index in [1.54, 1.807) is 41.5 Å². The molecule has 3 aromatic heterocycles. The number of benzene rings is 1. The predicted octanol–water partition coefficient (Wildman–Crippen LogP) is 4.87. The van der Waals surface area contributed by atoms with E-state index in [4.69, 9.17) is 23.2 Å². The number of anilines is 1. The average molecular weight is 461 g/mol. The Morgan fingerprint density at radius 2 is 1.83 bits per heavy atom. The van der Waals surface area contributed by atoms with Gasteiger partial charge in [0, 0.05) is 46.1 Å². The van der Waals surface area contributed by atoms with Crippen LogP contribution in [0.1, 0.15) is 26.6 Å². The molecule has 0 aliphatic rings. The second-order valence-corrected chi connectivity index (χ2v) is 9.11. The van der Waals surface area contributed by atoms with Gasteiger partial charge in [-0.1, -0.05) is 23.2 Å². The van der Waals surface area contributed by atoms with Gasteiger partial charge in [0.15, 0.2) is 4.96 Å². The number of halogens is 2. The second kappa shape index (κ2) is 7.91. The third-order valence-electron chi connectivity index (χ3n) is 4.79. The minimum Gasteiger partial charge on any atom is -0.318 e. The van der Waals surface area contributed by atoms with Crippen molar-refractivity contribution in [2.45, 2.75) is 20.4 Å². The van der Waals surface area contributed by atoms with E-state index in [9.17, 15) is 9.59 Å². The van der Waals surface area contributed by atoms with E-state index >= 15 is 0 Å². The Bertz CT molecular complexity index is 1320. The summed E-state index contributed by atoms with van der Waals surface area (Å²) in [5.74, 6) is -0.273. The lowest BCUT2D eigenvalue weighted by atomic mass is 10.2. The zero-order valence-electron chi connectivity index (χ0n) is 16.5. The Kier molecular flexibility index (Phi) is 5.44. The topological polar surface area (TPSA) is 59.6 Å². The van der Waals surface area contributed by atoms with Crippen molar-refractivity contribution in [2.75, 3.05) is 4.90 Å². The predicted molar refractivity (Wildman–Crippen MR) is 121 cm³/mol.